The standard InChI is InChI=1S/C12H25N3O4/c1-19-10-3-2-7(6-16)4-8(10)9(17)5-15-12(18)11(13)14/h7-11,16-17H,2-6,13-14H2,1H3,(H,15,18). The molecule has 19 heavy (non-hydrogen) atoms. The third-order valence-corrected chi connectivity index (χ3v) is 3.79. The van der Waals surface area contributed by atoms with Crippen LogP contribution in [0.25, 0.3) is 0 Å². The van der Waals surface area contributed by atoms with E-state index in [1.54, 1.807) is 7.11 Å². The van der Waals surface area contributed by atoms with Gasteiger partial charge in [0.15, 0.2) is 0 Å². The number of nitrogens with two attached hydrogens (primary N) is 2. The van der Waals surface area contributed by atoms with Crippen molar-refractivity contribution in [2.75, 3.05) is 20.3 Å². The second kappa shape index (κ2) is 7.76. The van der Waals surface area contributed by atoms with Gasteiger partial charge in [0.1, 0.15) is 6.17 Å². The first-order valence-electron chi connectivity index (χ1n) is 6.60. The van der Waals surface area contributed by atoms with Crippen LogP contribution in [0, 0.1) is 11.8 Å². The Morgan fingerprint density at radius 1 is 1.47 bits per heavy atom. The van der Waals surface area contributed by atoms with Crippen molar-refractivity contribution < 1.29 is 19.7 Å². The second-order valence-corrected chi connectivity index (χ2v) is 5.14. The molecule has 0 bridgehead atoms. The lowest BCUT2D eigenvalue weighted by atomic mass is 9.77. The van der Waals surface area contributed by atoms with Crippen LogP contribution in [0.15, 0.2) is 0 Å². The predicted molar refractivity (Wildman–Crippen MR) is 69.9 cm³/mol. The summed E-state index contributed by atoms with van der Waals surface area (Å²) in [7, 11) is 1.61. The highest BCUT2D eigenvalue weighted by Crippen LogP contribution is 2.32. The number of ether oxygens (including phenoxy) is 1. The van der Waals surface area contributed by atoms with Gasteiger partial charge in [-0.1, -0.05) is 0 Å². The normalized spacial score (nSPS) is 29.3. The van der Waals surface area contributed by atoms with Gasteiger partial charge in [-0.25, -0.2) is 0 Å². The molecule has 7 nitrogen and oxygen atoms in total. The van der Waals surface area contributed by atoms with Gasteiger partial charge < -0.3 is 31.7 Å². The number of hydrogen-bond acceptors (Lipinski definition) is 6. The van der Waals surface area contributed by atoms with Crippen molar-refractivity contribution in [3.8, 4) is 0 Å². The minimum absolute atomic E-state index is 0.0544. The van der Waals surface area contributed by atoms with Gasteiger partial charge in [0.25, 0.3) is 5.91 Å². The number of hydrogen-bond donors (Lipinski definition) is 5. The fourth-order valence-corrected chi connectivity index (χ4v) is 2.61. The van der Waals surface area contributed by atoms with Crippen LogP contribution in [0.1, 0.15) is 19.3 Å². The Morgan fingerprint density at radius 3 is 2.68 bits per heavy atom. The van der Waals surface area contributed by atoms with Gasteiger partial charge in [0, 0.05) is 26.2 Å². The van der Waals surface area contributed by atoms with Crippen molar-refractivity contribution >= 4 is 5.91 Å². The molecule has 4 unspecified atom stereocenters. The Labute approximate surface area is 113 Å². The first-order chi connectivity index (χ1) is 8.99. The number of nitrogens with one attached hydrogen (secondary N) is 1. The summed E-state index contributed by atoms with van der Waals surface area (Å²) in [5, 5.41) is 21.9. The molecule has 0 aromatic carbocycles. The molecule has 0 saturated heterocycles. The molecule has 0 radical (unpaired) electrons. The van der Waals surface area contributed by atoms with Crippen LogP contribution in [-0.4, -0.2) is 54.8 Å². The Morgan fingerprint density at radius 2 is 2.16 bits per heavy atom. The third-order valence-electron chi connectivity index (χ3n) is 3.79. The molecule has 0 aromatic rings. The molecule has 4 atom stereocenters. The van der Waals surface area contributed by atoms with Gasteiger partial charge >= 0.3 is 0 Å². The van der Waals surface area contributed by atoms with E-state index < -0.39 is 18.2 Å². The predicted octanol–water partition coefficient (Wildman–Crippen LogP) is -1.87. The fourth-order valence-electron chi connectivity index (χ4n) is 2.61. The SMILES string of the molecule is COC1CCC(CO)CC1C(O)CNC(=O)C(N)N. The van der Waals surface area contributed by atoms with Crippen LogP contribution in [0.3, 0.4) is 0 Å². The number of amides is 1. The maximum Gasteiger partial charge on any atom is 0.251 e. The zero-order valence-electron chi connectivity index (χ0n) is 11.3. The van der Waals surface area contributed by atoms with Crippen molar-refractivity contribution in [1.82, 2.24) is 5.32 Å². The van der Waals surface area contributed by atoms with Crippen molar-refractivity contribution in [3.63, 3.8) is 0 Å². The number of carbonyl (C=O) groups excluding carboxylic acids is 1. The summed E-state index contributed by atoms with van der Waals surface area (Å²) in [5.74, 6) is -0.425. The molecule has 7 heteroatoms. The summed E-state index contributed by atoms with van der Waals surface area (Å²) in [6.07, 6.45) is 0.498. The van der Waals surface area contributed by atoms with Crippen molar-refractivity contribution in [1.29, 1.82) is 0 Å². The highest BCUT2D eigenvalue weighted by atomic mass is 16.5. The Balaban J connectivity index is 2.51. The fraction of sp³-hybridized carbons (Fsp3) is 0.917. The molecule has 0 heterocycles. The molecule has 0 aromatic heterocycles. The summed E-state index contributed by atoms with van der Waals surface area (Å²) >= 11 is 0. The minimum atomic E-state index is -1.08. The molecule has 0 spiro atoms. The molecular formula is C12H25N3O4. The van der Waals surface area contributed by atoms with Crippen molar-refractivity contribution in [2.24, 2.45) is 23.3 Å². The van der Waals surface area contributed by atoms with E-state index in [9.17, 15) is 15.0 Å². The van der Waals surface area contributed by atoms with Crippen LogP contribution >= 0.6 is 0 Å². The van der Waals surface area contributed by atoms with E-state index in [2.05, 4.69) is 5.32 Å². The summed E-state index contributed by atoms with van der Waals surface area (Å²) in [5.41, 5.74) is 10.4. The second-order valence-electron chi connectivity index (χ2n) is 5.14. The molecule has 112 valence electrons. The Kier molecular flexibility index (Phi) is 6.67. The van der Waals surface area contributed by atoms with Gasteiger partial charge in [-0.3, -0.25) is 4.79 Å². The van der Waals surface area contributed by atoms with E-state index in [0.717, 1.165) is 12.8 Å². The van der Waals surface area contributed by atoms with Gasteiger partial charge in [0.2, 0.25) is 0 Å². The average molecular weight is 275 g/mol. The van der Waals surface area contributed by atoms with E-state index >= 15 is 0 Å². The lowest BCUT2D eigenvalue weighted by molar-refractivity contribution is -0.123. The maximum atomic E-state index is 11.3. The molecule has 0 aliphatic heterocycles. The number of aliphatic hydroxyl groups is 2. The van der Waals surface area contributed by atoms with E-state index in [4.69, 9.17) is 16.2 Å². The van der Waals surface area contributed by atoms with Gasteiger partial charge in [-0.15, -0.1) is 0 Å². The number of methoxy groups -OCH3 is 1. The van der Waals surface area contributed by atoms with E-state index in [1.165, 1.54) is 0 Å². The zero-order valence-corrected chi connectivity index (χ0v) is 11.3. The average Bonchev–Trinajstić information content (AvgIpc) is 2.43. The van der Waals surface area contributed by atoms with Crippen molar-refractivity contribution in [3.05, 3.63) is 0 Å². The highest BCUT2D eigenvalue weighted by Gasteiger charge is 2.35. The van der Waals surface area contributed by atoms with Gasteiger partial charge in [-0.05, 0) is 25.2 Å². The van der Waals surface area contributed by atoms with E-state index in [1.807, 2.05) is 0 Å². The molecule has 1 fully saturated rings. The van der Waals surface area contributed by atoms with Crippen LogP contribution in [-0.2, 0) is 9.53 Å². The van der Waals surface area contributed by atoms with Gasteiger partial charge in [0.05, 0.1) is 12.2 Å². The van der Waals surface area contributed by atoms with E-state index in [0.29, 0.717) is 6.42 Å². The van der Waals surface area contributed by atoms with Crippen LogP contribution in [0.4, 0.5) is 0 Å². The monoisotopic (exact) mass is 275 g/mol. The molecule has 1 amide bonds. The lowest BCUT2D eigenvalue weighted by Crippen LogP contribution is -2.51. The van der Waals surface area contributed by atoms with Crippen LogP contribution < -0.4 is 16.8 Å². The van der Waals surface area contributed by atoms with Gasteiger partial charge in [-0.2, -0.15) is 0 Å². The number of aliphatic hydroxyl groups excluding tert-OH is 2. The molecule has 1 rings (SSSR count). The smallest absolute Gasteiger partial charge is 0.251 e. The largest absolute Gasteiger partial charge is 0.396 e. The lowest BCUT2D eigenvalue weighted by Gasteiger charge is -2.37. The highest BCUT2D eigenvalue weighted by molar-refractivity contribution is 5.80. The van der Waals surface area contributed by atoms with Crippen molar-refractivity contribution in [2.45, 2.75) is 37.6 Å². The molecule has 7 N–H and O–H groups in total. The van der Waals surface area contributed by atoms with E-state index in [-0.39, 0.29) is 31.1 Å². The molecule has 1 aliphatic carbocycles. The summed E-state index contributed by atoms with van der Waals surface area (Å²) < 4.78 is 5.37. The quantitative estimate of drug-likeness (QED) is 0.361. The topological polar surface area (TPSA) is 131 Å². The summed E-state index contributed by atoms with van der Waals surface area (Å²) in [6, 6.07) is 0. The minimum Gasteiger partial charge on any atom is -0.396 e. The number of carbonyl (C=O) groups is 1. The maximum absolute atomic E-state index is 11.3. The molecular weight excluding hydrogens is 250 g/mol. The van der Waals surface area contributed by atoms with Crippen LogP contribution in [0.5, 0.6) is 0 Å². The molecule has 1 saturated carbocycles. The number of rotatable bonds is 6. The zero-order chi connectivity index (χ0) is 14.4. The third kappa shape index (κ3) is 4.70. The Bertz CT molecular complexity index is 288. The van der Waals surface area contributed by atoms with Crippen LogP contribution in [0.2, 0.25) is 0 Å². The Hall–Kier alpha value is -0.730. The summed E-state index contributed by atoms with van der Waals surface area (Å²) in [6.45, 7) is 0.200. The first-order valence-corrected chi connectivity index (χ1v) is 6.60. The first kappa shape index (κ1) is 16.3. The molecule has 1 aliphatic rings. The summed E-state index contributed by atoms with van der Waals surface area (Å²) in [4.78, 5) is 11.3.